The standard InChI is InChI=1S/C13H14FN3OS/c1-8(15)13-17-11(7-19-13)12(18)16-6-9-2-4-10(14)5-3-9/h2-5,7-8H,6,15H2,1H3,(H,16,18). The predicted molar refractivity (Wildman–Crippen MR) is 72.3 cm³/mol. The maximum Gasteiger partial charge on any atom is 0.271 e. The van der Waals surface area contributed by atoms with Crippen molar-refractivity contribution in [2.24, 2.45) is 5.73 Å². The summed E-state index contributed by atoms with van der Waals surface area (Å²) < 4.78 is 12.7. The van der Waals surface area contributed by atoms with Gasteiger partial charge in [0, 0.05) is 11.9 Å². The van der Waals surface area contributed by atoms with Gasteiger partial charge >= 0.3 is 0 Å². The Bertz CT molecular complexity index is 566. The van der Waals surface area contributed by atoms with Crippen LogP contribution in [0.3, 0.4) is 0 Å². The van der Waals surface area contributed by atoms with Crippen molar-refractivity contribution < 1.29 is 9.18 Å². The number of nitrogens with two attached hydrogens (primary N) is 1. The first-order chi connectivity index (χ1) is 9.06. The van der Waals surface area contributed by atoms with Gasteiger partial charge in [-0.15, -0.1) is 11.3 Å². The molecule has 0 saturated carbocycles. The summed E-state index contributed by atoms with van der Waals surface area (Å²) >= 11 is 1.36. The number of halogens is 1. The Labute approximate surface area is 114 Å². The third-order valence-corrected chi connectivity index (χ3v) is 3.56. The van der Waals surface area contributed by atoms with Crippen molar-refractivity contribution in [2.75, 3.05) is 0 Å². The SMILES string of the molecule is CC(N)c1nc(C(=O)NCc2ccc(F)cc2)cs1. The molecule has 1 aromatic carbocycles. The first-order valence-corrected chi connectivity index (χ1v) is 6.68. The van der Waals surface area contributed by atoms with Crippen molar-refractivity contribution in [3.8, 4) is 0 Å². The Morgan fingerprint density at radius 2 is 2.16 bits per heavy atom. The summed E-state index contributed by atoms with van der Waals surface area (Å²) in [4.78, 5) is 16.0. The maximum atomic E-state index is 12.7. The van der Waals surface area contributed by atoms with Crippen LogP contribution in [0.1, 0.15) is 34.0 Å². The second-order valence-corrected chi connectivity index (χ2v) is 5.06. The molecule has 0 radical (unpaired) electrons. The maximum absolute atomic E-state index is 12.7. The van der Waals surface area contributed by atoms with E-state index < -0.39 is 0 Å². The minimum atomic E-state index is -0.295. The van der Waals surface area contributed by atoms with Crippen LogP contribution in [0.5, 0.6) is 0 Å². The average Bonchev–Trinajstić information content (AvgIpc) is 2.87. The molecule has 19 heavy (non-hydrogen) atoms. The fraction of sp³-hybridized carbons (Fsp3) is 0.231. The lowest BCUT2D eigenvalue weighted by Gasteiger charge is -2.03. The molecule has 0 aliphatic rings. The van der Waals surface area contributed by atoms with Gasteiger partial charge in [-0.3, -0.25) is 4.79 Å². The highest BCUT2D eigenvalue weighted by atomic mass is 32.1. The van der Waals surface area contributed by atoms with E-state index in [0.717, 1.165) is 10.6 Å². The molecule has 0 spiro atoms. The number of rotatable bonds is 4. The molecule has 1 unspecified atom stereocenters. The number of nitrogens with one attached hydrogen (secondary N) is 1. The van der Waals surface area contributed by atoms with Crippen molar-refractivity contribution >= 4 is 17.2 Å². The molecule has 0 aliphatic carbocycles. The van der Waals surface area contributed by atoms with Crippen LogP contribution < -0.4 is 11.1 Å². The Kier molecular flexibility index (Phi) is 4.24. The van der Waals surface area contributed by atoms with Crippen LogP contribution in [-0.4, -0.2) is 10.9 Å². The van der Waals surface area contributed by atoms with Crippen LogP contribution in [0.2, 0.25) is 0 Å². The molecule has 6 heteroatoms. The van der Waals surface area contributed by atoms with Gasteiger partial charge in [0.15, 0.2) is 0 Å². The first-order valence-electron chi connectivity index (χ1n) is 5.80. The third-order valence-electron chi connectivity index (χ3n) is 2.51. The molecular formula is C13H14FN3OS. The first kappa shape index (κ1) is 13.6. The van der Waals surface area contributed by atoms with Gasteiger partial charge in [-0.25, -0.2) is 9.37 Å². The molecule has 0 fully saturated rings. The van der Waals surface area contributed by atoms with E-state index in [1.54, 1.807) is 17.5 Å². The van der Waals surface area contributed by atoms with Gasteiger partial charge in [-0.1, -0.05) is 12.1 Å². The largest absolute Gasteiger partial charge is 0.347 e. The molecule has 1 aromatic heterocycles. The summed E-state index contributed by atoms with van der Waals surface area (Å²) in [5.74, 6) is -0.552. The van der Waals surface area contributed by atoms with Crippen molar-refractivity contribution in [1.29, 1.82) is 0 Å². The second kappa shape index (κ2) is 5.90. The summed E-state index contributed by atoms with van der Waals surface area (Å²) in [6.45, 7) is 2.16. The van der Waals surface area contributed by atoms with Gasteiger partial charge in [0.25, 0.3) is 5.91 Å². The van der Waals surface area contributed by atoms with Crippen molar-refractivity contribution in [1.82, 2.24) is 10.3 Å². The number of amides is 1. The van der Waals surface area contributed by atoms with E-state index in [9.17, 15) is 9.18 Å². The van der Waals surface area contributed by atoms with E-state index in [0.29, 0.717) is 12.2 Å². The van der Waals surface area contributed by atoms with Gasteiger partial charge in [-0.05, 0) is 24.6 Å². The number of carbonyl (C=O) groups is 1. The summed E-state index contributed by atoms with van der Waals surface area (Å²) in [5.41, 5.74) is 6.88. The van der Waals surface area contributed by atoms with E-state index in [-0.39, 0.29) is 17.8 Å². The second-order valence-electron chi connectivity index (χ2n) is 4.17. The number of benzene rings is 1. The Morgan fingerprint density at radius 1 is 1.47 bits per heavy atom. The van der Waals surface area contributed by atoms with Crippen LogP contribution in [0.25, 0.3) is 0 Å². The number of hydrogen-bond donors (Lipinski definition) is 2. The van der Waals surface area contributed by atoms with Crippen LogP contribution >= 0.6 is 11.3 Å². The highest BCUT2D eigenvalue weighted by molar-refractivity contribution is 7.09. The summed E-state index contributed by atoms with van der Waals surface area (Å²) in [7, 11) is 0. The zero-order valence-electron chi connectivity index (χ0n) is 10.4. The molecule has 1 amide bonds. The van der Waals surface area contributed by atoms with Crippen LogP contribution in [-0.2, 0) is 6.54 Å². The molecular weight excluding hydrogens is 265 g/mol. The third kappa shape index (κ3) is 3.59. The summed E-state index contributed by atoms with van der Waals surface area (Å²) in [6, 6.07) is 5.80. The smallest absolute Gasteiger partial charge is 0.271 e. The van der Waals surface area contributed by atoms with E-state index >= 15 is 0 Å². The molecule has 3 N–H and O–H groups in total. The molecule has 4 nitrogen and oxygen atoms in total. The highest BCUT2D eigenvalue weighted by Crippen LogP contribution is 2.15. The Balaban J connectivity index is 1.95. The topological polar surface area (TPSA) is 68.0 Å². The Morgan fingerprint density at radius 3 is 2.74 bits per heavy atom. The van der Waals surface area contributed by atoms with Gasteiger partial charge in [-0.2, -0.15) is 0 Å². The minimum Gasteiger partial charge on any atom is -0.347 e. The molecule has 100 valence electrons. The van der Waals surface area contributed by atoms with Crippen molar-refractivity contribution in [3.63, 3.8) is 0 Å². The zero-order chi connectivity index (χ0) is 13.8. The molecule has 2 aromatic rings. The van der Waals surface area contributed by atoms with E-state index in [2.05, 4.69) is 10.3 Å². The van der Waals surface area contributed by atoms with Crippen LogP contribution in [0.4, 0.5) is 4.39 Å². The average molecular weight is 279 g/mol. The molecule has 0 bridgehead atoms. The highest BCUT2D eigenvalue weighted by Gasteiger charge is 2.12. The molecule has 2 rings (SSSR count). The van der Waals surface area contributed by atoms with Gasteiger partial charge in [0.1, 0.15) is 16.5 Å². The lowest BCUT2D eigenvalue weighted by molar-refractivity contribution is 0.0946. The molecule has 1 heterocycles. The quantitative estimate of drug-likeness (QED) is 0.901. The lowest BCUT2D eigenvalue weighted by atomic mass is 10.2. The summed E-state index contributed by atoms with van der Waals surface area (Å²) in [5, 5.41) is 5.14. The van der Waals surface area contributed by atoms with Crippen molar-refractivity contribution in [2.45, 2.75) is 19.5 Å². The number of aromatic nitrogens is 1. The van der Waals surface area contributed by atoms with E-state index in [4.69, 9.17) is 5.73 Å². The van der Waals surface area contributed by atoms with Crippen molar-refractivity contribution in [3.05, 3.63) is 51.7 Å². The number of hydrogen-bond acceptors (Lipinski definition) is 4. The van der Waals surface area contributed by atoms with Gasteiger partial charge in [0.05, 0.1) is 6.04 Å². The van der Waals surface area contributed by atoms with Gasteiger partial charge in [0.2, 0.25) is 0 Å². The number of nitrogens with zero attached hydrogens (tertiary/aromatic N) is 1. The van der Waals surface area contributed by atoms with Crippen LogP contribution in [0.15, 0.2) is 29.6 Å². The summed E-state index contributed by atoms with van der Waals surface area (Å²) in [6.07, 6.45) is 0. The zero-order valence-corrected chi connectivity index (χ0v) is 11.2. The van der Waals surface area contributed by atoms with Crippen LogP contribution in [0, 0.1) is 5.82 Å². The van der Waals surface area contributed by atoms with E-state index in [1.807, 2.05) is 6.92 Å². The predicted octanol–water partition coefficient (Wildman–Crippen LogP) is 2.23. The van der Waals surface area contributed by atoms with E-state index in [1.165, 1.54) is 23.5 Å². The number of thiazole rings is 1. The molecule has 0 saturated heterocycles. The lowest BCUT2D eigenvalue weighted by Crippen LogP contribution is -2.23. The fourth-order valence-electron chi connectivity index (χ4n) is 1.48. The van der Waals surface area contributed by atoms with Gasteiger partial charge < -0.3 is 11.1 Å². The molecule has 1 atom stereocenters. The Hall–Kier alpha value is -1.79. The minimum absolute atomic E-state index is 0.177. The molecule has 0 aliphatic heterocycles. The fourth-order valence-corrected chi connectivity index (χ4v) is 2.23. The number of carbonyl (C=O) groups excluding carboxylic acids is 1. The normalized spacial score (nSPS) is 12.2. The monoisotopic (exact) mass is 279 g/mol.